The molecule has 2 amide bonds. The Bertz CT molecular complexity index is 1020. The molecule has 1 aliphatic rings. The number of nitrogens with one attached hydrogen (secondary N) is 2. The number of hydrogen-bond acceptors (Lipinski definition) is 6. The molecule has 4 rings (SSSR count). The Morgan fingerprint density at radius 2 is 1.69 bits per heavy atom. The number of aromatic nitrogens is 1. The van der Waals surface area contributed by atoms with Crippen LogP contribution in [0.2, 0.25) is 0 Å². The van der Waals surface area contributed by atoms with Gasteiger partial charge >= 0.3 is 0 Å². The largest absolute Gasteiger partial charge is 0.486 e. The molecule has 0 fully saturated rings. The van der Waals surface area contributed by atoms with Crippen LogP contribution in [0.4, 0.5) is 10.8 Å². The Morgan fingerprint density at radius 3 is 2.52 bits per heavy atom. The maximum atomic E-state index is 12.3. The molecular formula is C21H19N3O4S. The fourth-order valence-electron chi connectivity index (χ4n) is 2.88. The molecule has 0 spiro atoms. The van der Waals surface area contributed by atoms with E-state index < -0.39 is 0 Å². The van der Waals surface area contributed by atoms with Gasteiger partial charge in [0.25, 0.3) is 0 Å². The summed E-state index contributed by atoms with van der Waals surface area (Å²) in [5, 5.41) is 7.85. The number of thiazole rings is 1. The van der Waals surface area contributed by atoms with E-state index in [1.807, 2.05) is 30.3 Å². The first kappa shape index (κ1) is 18.9. The van der Waals surface area contributed by atoms with E-state index in [0.717, 1.165) is 5.56 Å². The van der Waals surface area contributed by atoms with Crippen molar-refractivity contribution in [1.82, 2.24) is 4.98 Å². The highest BCUT2D eigenvalue weighted by Gasteiger charge is 2.14. The van der Waals surface area contributed by atoms with Crippen LogP contribution in [0.3, 0.4) is 0 Å². The molecule has 8 heteroatoms. The number of benzene rings is 2. The van der Waals surface area contributed by atoms with Crippen molar-refractivity contribution >= 4 is 34.0 Å². The summed E-state index contributed by atoms with van der Waals surface area (Å²) >= 11 is 1.30. The third-order valence-corrected chi connectivity index (χ3v) is 4.98. The Kier molecular flexibility index (Phi) is 5.71. The number of hydrogen-bond donors (Lipinski definition) is 2. The van der Waals surface area contributed by atoms with E-state index in [0.29, 0.717) is 41.2 Å². The van der Waals surface area contributed by atoms with Gasteiger partial charge in [-0.3, -0.25) is 9.59 Å². The van der Waals surface area contributed by atoms with Crippen LogP contribution in [0.1, 0.15) is 11.3 Å². The predicted octanol–water partition coefficient (Wildman–Crippen LogP) is 3.28. The number of fused-ring (bicyclic) bond motifs is 1. The topological polar surface area (TPSA) is 89.6 Å². The van der Waals surface area contributed by atoms with E-state index in [9.17, 15) is 9.59 Å². The normalized spacial score (nSPS) is 12.3. The molecule has 148 valence electrons. The van der Waals surface area contributed by atoms with Crippen LogP contribution >= 0.6 is 11.3 Å². The summed E-state index contributed by atoms with van der Waals surface area (Å²) in [5.74, 6) is 0.947. The van der Waals surface area contributed by atoms with Crippen molar-refractivity contribution in [2.75, 3.05) is 23.8 Å². The van der Waals surface area contributed by atoms with Gasteiger partial charge in [0.1, 0.15) is 13.2 Å². The first-order valence-electron chi connectivity index (χ1n) is 9.13. The lowest BCUT2D eigenvalue weighted by Gasteiger charge is -2.18. The standard InChI is InChI=1S/C21H19N3O4S/c25-19(10-14-4-2-1-3-5-14)24-21-23-16(13-29-21)12-20(26)22-15-6-7-17-18(11-15)28-9-8-27-17/h1-7,11,13H,8-10,12H2,(H,22,26)(H,23,24,25). The fourth-order valence-corrected chi connectivity index (χ4v) is 3.61. The molecule has 1 aliphatic heterocycles. The second-order valence-corrected chi connectivity index (χ2v) is 7.30. The van der Waals surface area contributed by atoms with Crippen LogP contribution < -0.4 is 20.1 Å². The predicted molar refractivity (Wildman–Crippen MR) is 111 cm³/mol. The molecule has 0 atom stereocenters. The van der Waals surface area contributed by atoms with Crippen LogP contribution in [0.25, 0.3) is 0 Å². The van der Waals surface area contributed by atoms with Crippen LogP contribution in [-0.4, -0.2) is 30.0 Å². The molecular weight excluding hydrogens is 390 g/mol. The van der Waals surface area contributed by atoms with Gasteiger partial charge in [0.2, 0.25) is 11.8 Å². The molecule has 0 radical (unpaired) electrons. The number of nitrogens with zero attached hydrogens (tertiary/aromatic N) is 1. The minimum absolute atomic E-state index is 0.111. The molecule has 3 aromatic rings. The van der Waals surface area contributed by atoms with E-state index >= 15 is 0 Å². The summed E-state index contributed by atoms with van der Waals surface area (Å²) in [6.07, 6.45) is 0.389. The van der Waals surface area contributed by atoms with Crippen molar-refractivity contribution in [3.63, 3.8) is 0 Å². The van der Waals surface area contributed by atoms with Gasteiger partial charge in [0.05, 0.1) is 18.5 Å². The maximum absolute atomic E-state index is 12.3. The molecule has 0 bridgehead atoms. The van der Waals surface area contributed by atoms with Gasteiger partial charge < -0.3 is 20.1 Å². The van der Waals surface area contributed by atoms with E-state index in [1.54, 1.807) is 23.6 Å². The average molecular weight is 409 g/mol. The zero-order valence-corrected chi connectivity index (χ0v) is 16.3. The second kappa shape index (κ2) is 8.74. The Morgan fingerprint density at radius 1 is 0.931 bits per heavy atom. The highest BCUT2D eigenvalue weighted by atomic mass is 32.1. The highest BCUT2D eigenvalue weighted by Crippen LogP contribution is 2.32. The van der Waals surface area contributed by atoms with Crippen LogP contribution in [-0.2, 0) is 22.4 Å². The van der Waals surface area contributed by atoms with E-state index in [4.69, 9.17) is 9.47 Å². The molecule has 2 N–H and O–H groups in total. The van der Waals surface area contributed by atoms with Gasteiger partial charge in [0.15, 0.2) is 16.6 Å². The quantitative estimate of drug-likeness (QED) is 0.652. The minimum Gasteiger partial charge on any atom is -0.486 e. The van der Waals surface area contributed by atoms with Gasteiger partial charge in [-0.25, -0.2) is 4.98 Å². The monoisotopic (exact) mass is 409 g/mol. The Balaban J connectivity index is 1.30. The summed E-state index contributed by atoms with van der Waals surface area (Å²) in [7, 11) is 0. The number of carbonyl (C=O) groups excluding carboxylic acids is 2. The Labute approximate surface area is 171 Å². The molecule has 0 saturated carbocycles. The lowest BCUT2D eigenvalue weighted by Crippen LogP contribution is -2.17. The SMILES string of the molecule is O=C(Cc1csc(NC(=O)Cc2ccccc2)n1)Nc1ccc2c(c1)OCCO2. The molecule has 2 aromatic carbocycles. The summed E-state index contributed by atoms with van der Waals surface area (Å²) < 4.78 is 11.0. The number of ether oxygens (including phenoxy) is 2. The van der Waals surface area contributed by atoms with Crippen molar-refractivity contribution in [3.05, 3.63) is 65.2 Å². The van der Waals surface area contributed by atoms with Gasteiger partial charge in [-0.2, -0.15) is 0 Å². The summed E-state index contributed by atoms with van der Waals surface area (Å²) in [6.45, 7) is 1.01. The third kappa shape index (κ3) is 5.11. The lowest BCUT2D eigenvalue weighted by molar-refractivity contribution is -0.116. The fraction of sp³-hybridized carbons (Fsp3) is 0.190. The molecule has 0 saturated heterocycles. The van der Waals surface area contributed by atoms with Crippen molar-refractivity contribution in [3.8, 4) is 11.5 Å². The minimum atomic E-state index is -0.200. The Hall–Kier alpha value is -3.39. The number of rotatable bonds is 6. The van der Waals surface area contributed by atoms with Gasteiger partial charge in [-0.15, -0.1) is 11.3 Å². The first-order valence-corrected chi connectivity index (χ1v) is 10.0. The average Bonchev–Trinajstić information content (AvgIpc) is 3.15. The maximum Gasteiger partial charge on any atom is 0.230 e. The summed E-state index contributed by atoms with van der Waals surface area (Å²) in [4.78, 5) is 28.8. The smallest absolute Gasteiger partial charge is 0.230 e. The van der Waals surface area contributed by atoms with Crippen LogP contribution in [0.5, 0.6) is 11.5 Å². The number of anilines is 2. The van der Waals surface area contributed by atoms with Crippen molar-refractivity contribution in [1.29, 1.82) is 0 Å². The zero-order chi connectivity index (χ0) is 20.1. The second-order valence-electron chi connectivity index (χ2n) is 6.44. The van der Waals surface area contributed by atoms with E-state index in [-0.39, 0.29) is 24.7 Å². The van der Waals surface area contributed by atoms with Crippen LogP contribution in [0, 0.1) is 0 Å². The first-order chi connectivity index (χ1) is 14.2. The van der Waals surface area contributed by atoms with Crippen molar-refractivity contribution in [2.24, 2.45) is 0 Å². The summed E-state index contributed by atoms with van der Waals surface area (Å²) in [6, 6.07) is 14.8. The zero-order valence-electron chi connectivity index (χ0n) is 15.5. The van der Waals surface area contributed by atoms with Crippen molar-refractivity contribution < 1.29 is 19.1 Å². The highest BCUT2D eigenvalue weighted by molar-refractivity contribution is 7.13. The van der Waals surface area contributed by atoms with Crippen LogP contribution in [0.15, 0.2) is 53.9 Å². The molecule has 1 aromatic heterocycles. The van der Waals surface area contributed by atoms with Gasteiger partial charge in [0, 0.05) is 17.1 Å². The number of amides is 2. The molecule has 0 unspecified atom stereocenters. The molecule has 7 nitrogen and oxygen atoms in total. The lowest BCUT2D eigenvalue weighted by atomic mass is 10.1. The van der Waals surface area contributed by atoms with E-state index in [1.165, 1.54) is 11.3 Å². The van der Waals surface area contributed by atoms with Gasteiger partial charge in [-0.1, -0.05) is 30.3 Å². The van der Waals surface area contributed by atoms with E-state index in [2.05, 4.69) is 15.6 Å². The van der Waals surface area contributed by atoms with Crippen molar-refractivity contribution in [2.45, 2.75) is 12.8 Å². The molecule has 29 heavy (non-hydrogen) atoms. The van der Waals surface area contributed by atoms with Gasteiger partial charge in [-0.05, 0) is 17.7 Å². The third-order valence-electron chi connectivity index (χ3n) is 4.17. The molecule has 2 heterocycles. The number of carbonyl (C=O) groups is 2. The molecule has 0 aliphatic carbocycles. The summed E-state index contributed by atoms with van der Waals surface area (Å²) in [5.41, 5.74) is 2.16.